The molecule has 1 amide bonds. The molecule has 5 nitrogen and oxygen atoms in total. The van der Waals surface area contributed by atoms with E-state index in [0.717, 1.165) is 19.3 Å². The molecular weight excluding hydrogens is 400 g/mol. The van der Waals surface area contributed by atoms with Crippen LogP contribution in [0.15, 0.2) is 33.9 Å². The first kappa shape index (κ1) is 18.8. The van der Waals surface area contributed by atoms with E-state index in [1.807, 2.05) is 0 Å². The second kappa shape index (κ2) is 8.18. The minimum absolute atomic E-state index is 0.0759. The van der Waals surface area contributed by atoms with Crippen molar-refractivity contribution in [3.63, 3.8) is 0 Å². The molecule has 1 saturated heterocycles. The van der Waals surface area contributed by atoms with Crippen LogP contribution in [0.3, 0.4) is 0 Å². The van der Waals surface area contributed by atoms with Crippen molar-refractivity contribution in [3.8, 4) is 0 Å². The molecule has 136 valence electrons. The second-order valence-corrected chi connectivity index (χ2v) is 10.6. The van der Waals surface area contributed by atoms with Crippen LogP contribution < -0.4 is 5.32 Å². The molecule has 0 unspecified atom stereocenters. The van der Waals surface area contributed by atoms with Crippen molar-refractivity contribution in [2.75, 3.05) is 13.1 Å². The van der Waals surface area contributed by atoms with E-state index in [1.54, 1.807) is 34.0 Å². The van der Waals surface area contributed by atoms with Gasteiger partial charge in [-0.1, -0.05) is 24.1 Å². The molecule has 1 aliphatic rings. The summed E-state index contributed by atoms with van der Waals surface area (Å²) in [6.45, 7) is 0.981. The van der Waals surface area contributed by atoms with Gasteiger partial charge in [0, 0.05) is 19.1 Å². The van der Waals surface area contributed by atoms with Gasteiger partial charge in [-0.2, -0.15) is 4.31 Å². The van der Waals surface area contributed by atoms with Gasteiger partial charge < -0.3 is 5.32 Å². The maximum absolute atomic E-state index is 12.8. The fourth-order valence-electron chi connectivity index (χ4n) is 2.98. The highest BCUT2D eigenvalue weighted by molar-refractivity contribution is 7.91. The Kier molecular flexibility index (Phi) is 6.17. The number of carbonyl (C=O) groups excluding carboxylic acids is 1. The van der Waals surface area contributed by atoms with E-state index in [9.17, 15) is 13.2 Å². The highest BCUT2D eigenvalue weighted by Crippen LogP contribution is 2.29. The lowest BCUT2D eigenvalue weighted by molar-refractivity contribution is 0.0953. The molecule has 25 heavy (non-hydrogen) atoms. The minimum Gasteiger partial charge on any atom is -0.351 e. The molecule has 2 aromatic heterocycles. The largest absolute Gasteiger partial charge is 0.351 e. The van der Waals surface area contributed by atoms with Gasteiger partial charge in [-0.05, 0) is 42.8 Å². The molecule has 9 heteroatoms. The highest BCUT2D eigenvalue weighted by Gasteiger charge is 2.33. The Labute approximate surface area is 160 Å². The van der Waals surface area contributed by atoms with Crippen molar-refractivity contribution in [1.82, 2.24) is 9.62 Å². The van der Waals surface area contributed by atoms with E-state index >= 15 is 0 Å². The normalized spacial score (nSPS) is 19.0. The Morgan fingerprint density at radius 1 is 1.32 bits per heavy atom. The first-order valence-corrected chi connectivity index (χ1v) is 11.6. The van der Waals surface area contributed by atoms with Crippen molar-refractivity contribution in [3.05, 3.63) is 38.9 Å². The Hall–Kier alpha value is -0.930. The summed E-state index contributed by atoms with van der Waals surface area (Å²) in [5.74, 6) is -0.166. The lowest BCUT2D eigenvalue weighted by Gasteiger charge is -2.34. The second-order valence-electron chi connectivity index (χ2n) is 5.85. The van der Waals surface area contributed by atoms with E-state index in [2.05, 4.69) is 5.32 Å². The fraction of sp³-hybridized carbons (Fsp3) is 0.438. The van der Waals surface area contributed by atoms with E-state index in [1.165, 1.54) is 22.7 Å². The monoisotopic (exact) mass is 418 g/mol. The van der Waals surface area contributed by atoms with Gasteiger partial charge in [0.2, 0.25) is 0 Å². The van der Waals surface area contributed by atoms with Crippen molar-refractivity contribution in [1.29, 1.82) is 0 Å². The number of nitrogens with one attached hydrogen (secondary N) is 1. The van der Waals surface area contributed by atoms with Crippen LogP contribution in [-0.4, -0.2) is 37.8 Å². The third-order valence-corrected chi connectivity index (χ3v) is 8.75. The van der Waals surface area contributed by atoms with Crippen LogP contribution in [0, 0.1) is 0 Å². The van der Waals surface area contributed by atoms with Gasteiger partial charge in [-0.15, -0.1) is 22.7 Å². The minimum atomic E-state index is -3.44. The number of amides is 1. The molecule has 2 aromatic rings. The average Bonchev–Trinajstić information content (AvgIpc) is 3.27. The highest BCUT2D eigenvalue weighted by atomic mass is 35.5. The van der Waals surface area contributed by atoms with Gasteiger partial charge in [0.25, 0.3) is 15.9 Å². The number of thiophene rings is 2. The Bertz CT molecular complexity index is 818. The zero-order valence-electron chi connectivity index (χ0n) is 13.5. The molecule has 0 bridgehead atoms. The van der Waals surface area contributed by atoms with Crippen LogP contribution in [0.2, 0.25) is 4.34 Å². The van der Waals surface area contributed by atoms with Crippen molar-refractivity contribution < 1.29 is 13.2 Å². The zero-order valence-corrected chi connectivity index (χ0v) is 16.7. The molecule has 0 radical (unpaired) electrons. The zero-order chi connectivity index (χ0) is 17.9. The summed E-state index contributed by atoms with van der Waals surface area (Å²) in [5, 5.41) is 4.64. The van der Waals surface area contributed by atoms with E-state index in [4.69, 9.17) is 11.6 Å². The van der Waals surface area contributed by atoms with Crippen molar-refractivity contribution in [2.24, 2.45) is 0 Å². The molecule has 1 N–H and O–H groups in total. The summed E-state index contributed by atoms with van der Waals surface area (Å²) >= 11 is 8.32. The quantitative estimate of drug-likeness (QED) is 0.775. The standard InChI is InChI=1S/C16H19ClN2O3S3/c17-14-7-6-13(24-14)16(20)18-9-8-12-4-1-2-10-19(12)25(21,22)15-5-3-11-23-15/h3,5-7,11-12H,1-2,4,8-10H2,(H,18,20)/t12-/m0/s1. The van der Waals surface area contributed by atoms with Gasteiger partial charge in [-0.25, -0.2) is 8.42 Å². The van der Waals surface area contributed by atoms with Crippen LogP contribution in [0.5, 0.6) is 0 Å². The van der Waals surface area contributed by atoms with Crippen LogP contribution >= 0.6 is 34.3 Å². The predicted octanol–water partition coefficient (Wildman–Crippen LogP) is 3.83. The lowest BCUT2D eigenvalue weighted by atomic mass is 10.0. The van der Waals surface area contributed by atoms with E-state index in [-0.39, 0.29) is 11.9 Å². The number of hydrogen-bond donors (Lipinski definition) is 1. The maximum atomic E-state index is 12.8. The molecular formula is C16H19ClN2O3S3. The number of halogens is 1. The number of rotatable bonds is 6. The third-order valence-electron chi connectivity index (χ3n) is 4.19. The smallest absolute Gasteiger partial charge is 0.261 e. The molecule has 0 spiro atoms. The Morgan fingerprint density at radius 2 is 2.16 bits per heavy atom. The molecule has 3 heterocycles. The Balaban J connectivity index is 1.61. The molecule has 1 atom stereocenters. The molecule has 0 saturated carbocycles. The fourth-order valence-corrected chi connectivity index (χ4v) is 6.78. The van der Waals surface area contributed by atoms with Crippen molar-refractivity contribution >= 4 is 50.2 Å². The van der Waals surface area contributed by atoms with Gasteiger partial charge in [-0.3, -0.25) is 4.79 Å². The average molecular weight is 419 g/mol. The first-order chi connectivity index (χ1) is 12.0. The molecule has 1 aliphatic heterocycles. The molecule has 0 aromatic carbocycles. The molecule has 1 fully saturated rings. The van der Waals surface area contributed by atoms with E-state index in [0.29, 0.717) is 32.9 Å². The van der Waals surface area contributed by atoms with Crippen LogP contribution in [0.1, 0.15) is 35.4 Å². The van der Waals surface area contributed by atoms with Gasteiger partial charge in [0.05, 0.1) is 9.21 Å². The third kappa shape index (κ3) is 4.43. The van der Waals surface area contributed by atoms with Gasteiger partial charge >= 0.3 is 0 Å². The van der Waals surface area contributed by atoms with Crippen LogP contribution in [0.25, 0.3) is 0 Å². The summed E-state index contributed by atoms with van der Waals surface area (Å²) in [7, 11) is -3.44. The summed E-state index contributed by atoms with van der Waals surface area (Å²) in [5.41, 5.74) is 0. The summed E-state index contributed by atoms with van der Waals surface area (Å²) in [6.07, 6.45) is 3.32. The summed E-state index contributed by atoms with van der Waals surface area (Å²) < 4.78 is 28.2. The van der Waals surface area contributed by atoms with Crippen LogP contribution in [-0.2, 0) is 10.0 Å². The molecule has 3 rings (SSSR count). The molecule has 0 aliphatic carbocycles. The Morgan fingerprint density at radius 3 is 2.84 bits per heavy atom. The topological polar surface area (TPSA) is 66.5 Å². The van der Waals surface area contributed by atoms with Gasteiger partial charge in [0.1, 0.15) is 4.21 Å². The van der Waals surface area contributed by atoms with Crippen LogP contribution in [0.4, 0.5) is 0 Å². The maximum Gasteiger partial charge on any atom is 0.261 e. The summed E-state index contributed by atoms with van der Waals surface area (Å²) in [4.78, 5) is 12.6. The number of carbonyl (C=O) groups is 1. The number of nitrogens with zero attached hydrogens (tertiary/aromatic N) is 1. The van der Waals surface area contributed by atoms with Gasteiger partial charge in [0.15, 0.2) is 0 Å². The van der Waals surface area contributed by atoms with Crippen molar-refractivity contribution in [2.45, 2.75) is 35.9 Å². The first-order valence-electron chi connectivity index (χ1n) is 8.07. The lowest BCUT2D eigenvalue weighted by Crippen LogP contribution is -2.44. The predicted molar refractivity (Wildman–Crippen MR) is 102 cm³/mol. The summed E-state index contributed by atoms with van der Waals surface area (Å²) in [6, 6.07) is 6.71. The SMILES string of the molecule is O=C(NCC[C@@H]1CCCCN1S(=O)(=O)c1cccs1)c1ccc(Cl)s1. The van der Waals surface area contributed by atoms with E-state index < -0.39 is 10.0 Å². The number of piperidine rings is 1. The number of sulfonamides is 1. The number of hydrogen-bond acceptors (Lipinski definition) is 5.